The first-order valence-corrected chi connectivity index (χ1v) is 3.83. The van der Waals surface area contributed by atoms with Crippen molar-refractivity contribution < 1.29 is 9.90 Å². The zero-order valence-corrected chi connectivity index (χ0v) is 6.47. The molecule has 0 fully saturated rings. The number of hydrogen-bond acceptors (Lipinski definition) is 1. The van der Waals surface area contributed by atoms with Gasteiger partial charge in [-0.05, 0) is 6.42 Å². The number of carboxylic acid groups (broad SMARTS) is 1. The molecular weight excluding hydrogens is 128 g/mol. The molecule has 1 radical (unpaired) electrons. The number of rotatable bonds is 6. The molecule has 0 unspecified atom stereocenters. The minimum absolute atomic E-state index is 0.718. The van der Waals surface area contributed by atoms with Crippen molar-refractivity contribution in [1.29, 1.82) is 0 Å². The van der Waals surface area contributed by atoms with Gasteiger partial charge in [0, 0.05) is 0 Å². The lowest BCUT2D eigenvalue weighted by Crippen LogP contribution is -1.94. The fourth-order valence-corrected chi connectivity index (χ4v) is 0.797. The Morgan fingerprint density at radius 2 is 2.10 bits per heavy atom. The van der Waals surface area contributed by atoms with E-state index in [0.717, 1.165) is 19.3 Å². The smallest absolute Gasteiger partial charge is 0.307 e. The number of carboxylic acids is 1. The molecular formula is C8H15O2. The van der Waals surface area contributed by atoms with Crippen molar-refractivity contribution in [2.24, 2.45) is 0 Å². The van der Waals surface area contributed by atoms with E-state index < -0.39 is 5.97 Å². The van der Waals surface area contributed by atoms with Crippen molar-refractivity contribution in [1.82, 2.24) is 0 Å². The minimum Gasteiger partial charge on any atom is -0.481 e. The monoisotopic (exact) mass is 143 g/mol. The Labute approximate surface area is 62.2 Å². The Kier molecular flexibility index (Phi) is 6.24. The van der Waals surface area contributed by atoms with Gasteiger partial charge in [0.25, 0.3) is 0 Å². The van der Waals surface area contributed by atoms with Gasteiger partial charge in [-0.2, -0.15) is 0 Å². The normalized spacial score (nSPS) is 9.70. The van der Waals surface area contributed by atoms with E-state index in [1.807, 2.05) is 0 Å². The summed E-state index contributed by atoms with van der Waals surface area (Å²) >= 11 is 0. The highest BCUT2D eigenvalue weighted by atomic mass is 16.4. The fraction of sp³-hybridized carbons (Fsp3) is 0.750. The second kappa shape index (κ2) is 6.59. The topological polar surface area (TPSA) is 37.3 Å². The second-order valence-corrected chi connectivity index (χ2v) is 2.39. The van der Waals surface area contributed by atoms with E-state index in [0.29, 0.717) is 0 Å². The van der Waals surface area contributed by atoms with Crippen LogP contribution in [-0.4, -0.2) is 11.1 Å². The molecule has 2 heteroatoms. The standard InChI is InChI=1S/C8H15O2/c1-2-3-4-5-6-7-8(9)10/h7H,2-6H2,1H3,(H,9,10). The molecule has 0 aromatic carbocycles. The Morgan fingerprint density at radius 3 is 2.60 bits per heavy atom. The van der Waals surface area contributed by atoms with Crippen molar-refractivity contribution in [3.05, 3.63) is 6.42 Å². The molecule has 0 spiro atoms. The van der Waals surface area contributed by atoms with Crippen molar-refractivity contribution in [2.75, 3.05) is 0 Å². The number of aliphatic carboxylic acids is 1. The second-order valence-electron chi connectivity index (χ2n) is 2.39. The third-order valence-electron chi connectivity index (χ3n) is 1.38. The lowest BCUT2D eigenvalue weighted by Gasteiger charge is -1.94. The zero-order valence-electron chi connectivity index (χ0n) is 6.47. The molecule has 0 aromatic heterocycles. The quantitative estimate of drug-likeness (QED) is 0.579. The molecule has 59 valence electrons. The van der Waals surface area contributed by atoms with Crippen LogP contribution in [0.1, 0.15) is 39.0 Å². The van der Waals surface area contributed by atoms with Gasteiger partial charge in [-0.25, -0.2) is 0 Å². The first-order valence-electron chi connectivity index (χ1n) is 3.83. The first kappa shape index (κ1) is 9.47. The van der Waals surface area contributed by atoms with Crippen LogP contribution in [-0.2, 0) is 4.79 Å². The van der Waals surface area contributed by atoms with Crippen molar-refractivity contribution in [3.63, 3.8) is 0 Å². The van der Waals surface area contributed by atoms with Gasteiger partial charge < -0.3 is 5.11 Å². The molecule has 0 bridgehead atoms. The largest absolute Gasteiger partial charge is 0.481 e. The third-order valence-corrected chi connectivity index (χ3v) is 1.38. The summed E-state index contributed by atoms with van der Waals surface area (Å²) in [7, 11) is 0. The predicted molar refractivity (Wildman–Crippen MR) is 40.7 cm³/mol. The van der Waals surface area contributed by atoms with Crippen LogP contribution in [0.15, 0.2) is 0 Å². The lowest BCUT2D eigenvalue weighted by atomic mass is 10.1. The maximum atomic E-state index is 9.98. The Hall–Kier alpha value is -0.530. The van der Waals surface area contributed by atoms with Gasteiger partial charge in [-0.15, -0.1) is 0 Å². The van der Waals surface area contributed by atoms with Crippen LogP contribution in [0.3, 0.4) is 0 Å². The van der Waals surface area contributed by atoms with Crippen molar-refractivity contribution in [2.45, 2.75) is 39.0 Å². The molecule has 0 aliphatic heterocycles. The van der Waals surface area contributed by atoms with Gasteiger partial charge in [0.1, 0.15) is 0 Å². The summed E-state index contributed by atoms with van der Waals surface area (Å²) in [4.78, 5) is 9.98. The van der Waals surface area contributed by atoms with Crippen LogP contribution < -0.4 is 0 Å². The van der Waals surface area contributed by atoms with E-state index >= 15 is 0 Å². The zero-order chi connectivity index (χ0) is 7.82. The Bertz CT molecular complexity index is 89.3. The number of unbranched alkanes of at least 4 members (excludes halogenated alkanes) is 4. The molecule has 0 aliphatic carbocycles. The average Bonchev–Trinajstić information content (AvgIpc) is 1.87. The summed E-state index contributed by atoms with van der Waals surface area (Å²) in [5, 5.41) is 8.21. The molecule has 0 saturated carbocycles. The van der Waals surface area contributed by atoms with Gasteiger partial charge in [-0.1, -0.05) is 32.6 Å². The molecule has 0 aliphatic rings. The van der Waals surface area contributed by atoms with E-state index in [1.54, 1.807) is 0 Å². The van der Waals surface area contributed by atoms with E-state index in [2.05, 4.69) is 6.92 Å². The number of hydrogen-bond donors (Lipinski definition) is 1. The van der Waals surface area contributed by atoms with Gasteiger partial charge in [0.05, 0.1) is 6.42 Å². The van der Waals surface area contributed by atoms with Crippen molar-refractivity contribution >= 4 is 5.97 Å². The first-order chi connectivity index (χ1) is 4.77. The van der Waals surface area contributed by atoms with Crippen LogP contribution in [0.5, 0.6) is 0 Å². The summed E-state index contributed by atoms with van der Waals surface area (Å²) < 4.78 is 0. The highest BCUT2D eigenvalue weighted by Crippen LogP contribution is 2.03. The maximum Gasteiger partial charge on any atom is 0.307 e. The highest BCUT2D eigenvalue weighted by molar-refractivity contribution is 5.76. The summed E-state index contributed by atoms with van der Waals surface area (Å²) in [6, 6.07) is 0. The molecule has 2 nitrogen and oxygen atoms in total. The van der Waals surface area contributed by atoms with Crippen LogP contribution in [0.4, 0.5) is 0 Å². The minimum atomic E-state index is -0.795. The van der Waals surface area contributed by atoms with Crippen LogP contribution in [0.2, 0.25) is 0 Å². The third kappa shape index (κ3) is 7.47. The molecule has 10 heavy (non-hydrogen) atoms. The van der Waals surface area contributed by atoms with Gasteiger partial charge in [-0.3, -0.25) is 4.79 Å². The van der Waals surface area contributed by atoms with Crippen LogP contribution >= 0.6 is 0 Å². The highest BCUT2D eigenvalue weighted by Gasteiger charge is 1.95. The molecule has 1 N–H and O–H groups in total. The summed E-state index contributed by atoms with van der Waals surface area (Å²) in [6.07, 6.45) is 6.63. The van der Waals surface area contributed by atoms with E-state index in [9.17, 15) is 4.79 Å². The Balaban J connectivity index is 2.84. The van der Waals surface area contributed by atoms with E-state index in [4.69, 9.17) is 5.11 Å². The van der Waals surface area contributed by atoms with E-state index in [1.165, 1.54) is 19.3 Å². The van der Waals surface area contributed by atoms with Gasteiger partial charge in [0.2, 0.25) is 0 Å². The predicted octanol–water partition coefficient (Wildman–Crippen LogP) is 2.25. The molecule has 0 saturated heterocycles. The van der Waals surface area contributed by atoms with Crippen LogP contribution in [0.25, 0.3) is 0 Å². The average molecular weight is 143 g/mol. The lowest BCUT2D eigenvalue weighted by molar-refractivity contribution is -0.133. The molecule has 0 aromatic rings. The molecule has 0 heterocycles. The summed E-state index contributed by atoms with van der Waals surface area (Å²) in [5.74, 6) is -0.795. The fourth-order valence-electron chi connectivity index (χ4n) is 0.797. The van der Waals surface area contributed by atoms with Crippen LogP contribution in [0, 0.1) is 6.42 Å². The SMILES string of the molecule is CCCCCC[CH]C(=O)O. The molecule has 0 amide bonds. The van der Waals surface area contributed by atoms with Crippen molar-refractivity contribution in [3.8, 4) is 0 Å². The summed E-state index contributed by atoms with van der Waals surface area (Å²) in [5.41, 5.74) is 0. The van der Waals surface area contributed by atoms with Gasteiger partial charge >= 0.3 is 5.97 Å². The van der Waals surface area contributed by atoms with Gasteiger partial charge in [0.15, 0.2) is 0 Å². The van der Waals surface area contributed by atoms with E-state index in [-0.39, 0.29) is 0 Å². The molecule has 0 atom stereocenters. The maximum absolute atomic E-state index is 9.98. The number of carbonyl (C=O) groups is 1. The Morgan fingerprint density at radius 1 is 1.40 bits per heavy atom. The molecule has 0 rings (SSSR count). The summed E-state index contributed by atoms with van der Waals surface area (Å²) in [6.45, 7) is 2.14.